The molecule has 2 N–H and O–H groups in total. The minimum atomic E-state index is -0.360. The molecule has 0 saturated heterocycles. The average Bonchev–Trinajstić information content (AvgIpc) is 3.34. The van der Waals surface area contributed by atoms with Crippen molar-refractivity contribution in [3.8, 4) is 11.8 Å². The van der Waals surface area contributed by atoms with Crippen LogP contribution >= 0.6 is 15.9 Å². The van der Waals surface area contributed by atoms with Gasteiger partial charge in [0.05, 0.1) is 0 Å². The smallest absolute Gasteiger partial charge is 0.261 e. The molecule has 0 aliphatic carbocycles. The van der Waals surface area contributed by atoms with Gasteiger partial charge in [0.25, 0.3) is 5.91 Å². The van der Waals surface area contributed by atoms with Crippen LogP contribution in [0.1, 0.15) is 28.1 Å². The molecule has 0 aliphatic rings. The Morgan fingerprint density at radius 2 is 1.97 bits per heavy atom. The first-order chi connectivity index (χ1) is 15.9. The summed E-state index contributed by atoms with van der Waals surface area (Å²) in [6.07, 6.45) is 4.33. The molecular weight excluding hydrogens is 476 g/mol. The number of halogens is 1. The van der Waals surface area contributed by atoms with E-state index in [1.807, 2.05) is 56.4 Å². The third kappa shape index (κ3) is 4.64. The molecule has 0 saturated carbocycles. The van der Waals surface area contributed by atoms with Crippen molar-refractivity contribution >= 4 is 38.8 Å². The number of para-hydroxylation sites is 1. The Morgan fingerprint density at radius 1 is 1.18 bits per heavy atom. The third-order valence-electron chi connectivity index (χ3n) is 5.89. The molecule has 0 aliphatic heterocycles. The van der Waals surface area contributed by atoms with Crippen LogP contribution in [-0.4, -0.2) is 22.0 Å². The van der Waals surface area contributed by atoms with Crippen molar-refractivity contribution in [1.29, 1.82) is 5.26 Å². The Balaban J connectivity index is 1.50. The van der Waals surface area contributed by atoms with Crippen LogP contribution in [0.25, 0.3) is 22.7 Å². The van der Waals surface area contributed by atoms with Gasteiger partial charge in [-0.1, -0.05) is 34.1 Å². The summed E-state index contributed by atoms with van der Waals surface area (Å²) in [7, 11) is 0. The first-order valence-electron chi connectivity index (χ1n) is 10.8. The maximum Gasteiger partial charge on any atom is 0.261 e. The molecule has 0 bridgehead atoms. The van der Waals surface area contributed by atoms with Crippen LogP contribution in [0.4, 0.5) is 0 Å². The van der Waals surface area contributed by atoms with E-state index in [1.54, 1.807) is 6.08 Å². The number of nitrogens with zero attached hydrogens (tertiary/aromatic N) is 2. The van der Waals surface area contributed by atoms with Crippen LogP contribution in [0.2, 0.25) is 0 Å². The van der Waals surface area contributed by atoms with E-state index in [9.17, 15) is 10.1 Å². The lowest BCUT2D eigenvalue weighted by Crippen LogP contribution is -2.26. The summed E-state index contributed by atoms with van der Waals surface area (Å²) in [6.45, 7) is 6.53. The zero-order chi connectivity index (χ0) is 23.5. The molecule has 0 fully saturated rings. The van der Waals surface area contributed by atoms with Crippen molar-refractivity contribution < 1.29 is 4.79 Å². The van der Waals surface area contributed by atoms with E-state index in [0.717, 1.165) is 49.1 Å². The summed E-state index contributed by atoms with van der Waals surface area (Å²) >= 11 is 3.55. The molecular formula is C27H25BrN4O. The molecule has 2 heterocycles. The van der Waals surface area contributed by atoms with Crippen molar-refractivity contribution in [3.05, 3.63) is 92.9 Å². The Labute approximate surface area is 201 Å². The molecule has 2 aromatic heterocycles. The number of fused-ring (bicyclic) bond motifs is 1. The number of carbonyl (C=O) groups is 1. The summed E-state index contributed by atoms with van der Waals surface area (Å²) in [5, 5.41) is 13.7. The zero-order valence-corrected chi connectivity index (χ0v) is 20.5. The standard InChI is InChI=1S/C27H25BrN4O/c1-17-12-23(8-9-25(17)28)32-18(2)13-21(19(32)3)14-22(15-29)27(33)30-11-10-20-16-31-26-7-5-4-6-24(20)26/h4-9,12-14,16,31H,10-11H2,1-3H3,(H,30,33)/b22-14-. The van der Waals surface area contributed by atoms with Gasteiger partial charge in [-0.15, -0.1) is 0 Å². The molecule has 4 rings (SSSR count). The van der Waals surface area contributed by atoms with E-state index in [2.05, 4.69) is 55.9 Å². The highest BCUT2D eigenvalue weighted by molar-refractivity contribution is 9.10. The van der Waals surface area contributed by atoms with Gasteiger partial charge in [-0.2, -0.15) is 5.26 Å². The molecule has 6 heteroatoms. The van der Waals surface area contributed by atoms with Gasteiger partial charge in [-0.25, -0.2) is 0 Å². The van der Waals surface area contributed by atoms with Crippen molar-refractivity contribution in [2.75, 3.05) is 6.54 Å². The van der Waals surface area contributed by atoms with Gasteiger partial charge >= 0.3 is 0 Å². The minimum Gasteiger partial charge on any atom is -0.361 e. The van der Waals surface area contributed by atoms with Crippen molar-refractivity contribution in [2.24, 2.45) is 0 Å². The van der Waals surface area contributed by atoms with Crippen LogP contribution in [0.15, 0.2) is 64.8 Å². The lowest BCUT2D eigenvalue weighted by Gasteiger charge is -2.11. The number of aromatic nitrogens is 2. The lowest BCUT2D eigenvalue weighted by atomic mass is 10.1. The first kappa shape index (κ1) is 22.6. The van der Waals surface area contributed by atoms with E-state index in [1.165, 1.54) is 0 Å². The van der Waals surface area contributed by atoms with E-state index < -0.39 is 0 Å². The van der Waals surface area contributed by atoms with Gasteiger partial charge in [0.2, 0.25) is 0 Å². The molecule has 33 heavy (non-hydrogen) atoms. The average molecular weight is 501 g/mol. The predicted octanol–water partition coefficient (Wildman–Crippen LogP) is 5.91. The highest BCUT2D eigenvalue weighted by atomic mass is 79.9. The number of rotatable bonds is 6. The second-order valence-electron chi connectivity index (χ2n) is 8.13. The fourth-order valence-electron chi connectivity index (χ4n) is 4.15. The molecule has 0 unspecified atom stereocenters. The van der Waals surface area contributed by atoms with Crippen LogP contribution in [-0.2, 0) is 11.2 Å². The molecule has 0 atom stereocenters. The molecule has 1 amide bonds. The summed E-state index contributed by atoms with van der Waals surface area (Å²) < 4.78 is 3.19. The first-order valence-corrected chi connectivity index (χ1v) is 11.6. The maximum atomic E-state index is 12.7. The van der Waals surface area contributed by atoms with Crippen LogP contribution in [0.5, 0.6) is 0 Å². The molecule has 0 spiro atoms. The van der Waals surface area contributed by atoms with Crippen molar-refractivity contribution in [1.82, 2.24) is 14.9 Å². The van der Waals surface area contributed by atoms with Crippen LogP contribution < -0.4 is 5.32 Å². The number of nitriles is 1. The van der Waals surface area contributed by atoms with Crippen LogP contribution in [0, 0.1) is 32.1 Å². The minimum absolute atomic E-state index is 0.0983. The van der Waals surface area contributed by atoms with E-state index in [4.69, 9.17) is 0 Å². The molecule has 4 aromatic rings. The Morgan fingerprint density at radius 3 is 2.73 bits per heavy atom. The highest BCUT2D eigenvalue weighted by Crippen LogP contribution is 2.26. The van der Waals surface area contributed by atoms with Gasteiger partial charge in [0, 0.05) is 45.2 Å². The van der Waals surface area contributed by atoms with Gasteiger partial charge in [-0.05, 0) is 80.3 Å². The predicted molar refractivity (Wildman–Crippen MR) is 136 cm³/mol. The van der Waals surface area contributed by atoms with Crippen molar-refractivity contribution in [2.45, 2.75) is 27.2 Å². The maximum absolute atomic E-state index is 12.7. The third-order valence-corrected chi connectivity index (χ3v) is 6.78. The van der Waals surface area contributed by atoms with E-state index in [0.29, 0.717) is 13.0 Å². The van der Waals surface area contributed by atoms with E-state index in [-0.39, 0.29) is 11.5 Å². The number of aryl methyl sites for hydroxylation is 2. The topological polar surface area (TPSA) is 73.6 Å². The van der Waals surface area contributed by atoms with Gasteiger partial charge in [0.1, 0.15) is 11.6 Å². The summed E-state index contributed by atoms with van der Waals surface area (Å²) in [5.74, 6) is -0.360. The second-order valence-corrected chi connectivity index (χ2v) is 8.98. The Hall–Kier alpha value is -3.56. The number of carbonyl (C=O) groups excluding carboxylic acids is 1. The normalized spacial score (nSPS) is 11.5. The summed E-state index contributed by atoms with van der Waals surface area (Å²) in [5.41, 5.74) is 7.38. The van der Waals surface area contributed by atoms with Crippen molar-refractivity contribution in [3.63, 3.8) is 0 Å². The SMILES string of the molecule is Cc1cc(-n2c(C)cc(/C=C(/C#N)C(=O)NCCc3c[nH]c4ccccc34)c2C)ccc1Br. The number of amides is 1. The monoisotopic (exact) mass is 500 g/mol. The number of nitrogens with one attached hydrogen (secondary N) is 2. The fourth-order valence-corrected chi connectivity index (χ4v) is 4.39. The van der Waals surface area contributed by atoms with E-state index >= 15 is 0 Å². The quantitative estimate of drug-likeness (QED) is 0.255. The number of aromatic amines is 1. The number of hydrogen-bond donors (Lipinski definition) is 2. The number of H-pyrrole nitrogens is 1. The van der Waals surface area contributed by atoms with Gasteiger partial charge in [0.15, 0.2) is 0 Å². The Bertz CT molecular complexity index is 1420. The molecule has 0 radical (unpaired) electrons. The molecule has 166 valence electrons. The largest absolute Gasteiger partial charge is 0.361 e. The van der Waals surface area contributed by atoms with Gasteiger partial charge in [-0.3, -0.25) is 4.79 Å². The summed E-state index contributed by atoms with van der Waals surface area (Å²) in [4.78, 5) is 15.9. The number of benzene rings is 2. The van der Waals surface area contributed by atoms with Crippen LogP contribution in [0.3, 0.4) is 0 Å². The van der Waals surface area contributed by atoms with Gasteiger partial charge < -0.3 is 14.9 Å². The zero-order valence-electron chi connectivity index (χ0n) is 18.9. The number of hydrogen-bond acceptors (Lipinski definition) is 2. The second kappa shape index (κ2) is 9.51. The molecule has 2 aromatic carbocycles. The Kier molecular flexibility index (Phi) is 6.52. The lowest BCUT2D eigenvalue weighted by molar-refractivity contribution is -0.117. The highest BCUT2D eigenvalue weighted by Gasteiger charge is 2.14. The molecule has 5 nitrogen and oxygen atoms in total. The summed E-state index contributed by atoms with van der Waals surface area (Å²) in [6, 6.07) is 18.3. The fraction of sp³-hybridized carbons (Fsp3) is 0.185.